The molecule has 0 bridgehead atoms. The first kappa shape index (κ1) is 17.7. The molecule has 0 fully saturated rings. The van der Waals surface area contributed by atoms with Gasteiger partial charge in [0, 0.05) is 23.0 Å². The maximum atomic E-state index is 3.03. The largest absolute Gasteiger partial charge is 0.0741 e. The molecule has 1 aliphatic rings. The third-order valence-electron chi connectivity index (χ3n) is 2.10. The van der Waals surface area contributed by atoms with E-state index in [0.717, 1.165) is 23.0 Å². The van der Waals surface area contributed by atoms with Gasteiger partial charge in [-0.05, 0) is 70.4 Å². The first-order chi connectivity index (χ1) is 10.0. The lowest BCUT2D eigenvalue weighted by atomic mass is 10.4. The van der Waals surface area contributed by atoms with Crippen LogP contribution >= 0.6 is 47.0 Å². The van der Waals surface area contributed by atoms with Gasteiger partial charge in [-0.25, -0.2) is 0 Å². The SMILES string of the molecule is C1#CSCCCCSC#CC#CSCCCCSC#C1. The Labute approximate surface area is 140 Å². The summed E-state index contributed by atoms with van der Waals surface area (Å²) in [7, 11) is 0. The second-order valence-corrected chi connectivity index (χ2v) is 7.32. The highest BCUT2D eigenvalue weighted by atomic mass is 32.2. The summed E-state index contributed by atoms with van der Waals surface area (Å²) >= 11 is 6.64. The molecule has 0 nitrogen and oxygen atoms in total. The van der Waals surface area contributed by atoms with E-state index in [4.69, 9.17) is 0 Å². The van der Waals surface area contributed by atoms with Crippen LogP contribution in [0.15, 0.2) is 0 Å². The van der Waals surface area contributed by atoms with E-state index in [0.29, 0.717) is 0 Å². The Morgan fingerprint density at radius 1 is 0.400 bits per heavy atom. The second kappa shape index (κ2) is 15.0. The van der Waals surface area contributed by atoms with Crippen molar-refractivity contribution in [1.29, 1.82) is 0 Å². The third kappa shape index (κ3) is 12.7. The van der Waals surface area contributed by atoms with E-state index in [9.17, 15) is 0 Å². The Bertz CT molecular complexity index is 398. The lowest BCUT2D eigenvalue weighted by Gasteiger charge is -1.93. The minimum Gasteiger partial charge on any atom is -0.0741 e. The van der Waals surface area contributed by atoms with Crippen LogP contribution in [0.3, 0.4) is 0 Å². The summed E-state index contributed by atoms with van der Waals surface area (Å²) in [6.07, 6.45) is 4.71. The van der Waals surface area contributed by atoms with Gasteiger partial charge >= 0.3 is 0 Å². The average Bonchev–Trinajstić information content (AvgIpc) is 2.46. The molecule has 104 valence electrons. The smallest absolute Gasteiger partial charge is 0.00573 e. The van der Waals surface area contributed by atoms with Crippen LogP contribution in [0.4, 0.5) is 0 Å². The highest BCUT2D eigenvalue weighted by Gasteiger charge is 1.89. The third-order valence-corrected chi connectivity index (χ3v) is 5.06. The van der Waals surface area contributed by atoms with Crippen LogP contribution in [-0.2, 0) is 0 Å². The first-order valence-corrected chi connectivity index (χ1v) is 10.4. The summed E-state index contributed by atoms with van der Waals surface area (Å²) in [5, 5.41) is 12.1. The van der Waals surface area contributed by atoms with Crippen molar-refractivity contribution in [2.45, 2.75) is 25.7 Å². The van der Waals surface area contributed by atoms with Gasteiger partial charge in [-0.15, -0.1) is 0 Å². The van der Waals surface area contributed by atoms with Crippen molar-refractivity contribution in [2.24, 2.45) is 0 Å². The van der Waals surface area contributed by atoms with Gasteiger partial charge in [0.15, 0.2) is 0 Å². The highest BCUT2D eigenvalue weighted by molar-refractivity contribution is 8.04. The Morgan fingerprint density at radius 2 is 0.650 bits per heavy atom. The molecular weight excluding hydrogens is 320 g/mol. The molecule has 0 atom stereocenters. The van der Waals surface area contributed by atoms with Crippen molar-refractivity contribution in [3.63, 3.8) is 0 Å². The van der Waals surface area contributed by atoms with Crippen molar-refractivity contribution in [3.05, 3.63) is 0 Å². The van der Waals surface area contributed by atoms with Gasteiger partial charge in [-0.2, -0.15) is 0 Å². The molecular formula is C16H16S4. The molecule has 0 aromatic rings. The second-order valence-electron chi connectivity index (χ2n) is 3.72. The van der Waals surface area contributed by atoms with Crippen molar-refractivity contribution < 1.29 is 0 Å². The van der Waals surface area contributed by atoms with Crippen LogP contribution in [0.25, 0.3) is 0 Å². The van der Waals surface area contributed by atoms with E-state index in [1.165, 1.54) is 25.7 Å². The summed E-state index contributed by atoms with van der Waals surface area (Å²) in [5.41, 5.74) is 0. The summed E-state index contributed by atoms with van der Waals surface area (Å²) in [6.45, 7) is 0. The Kier molecular flexibility index (Phi) is 13.3. The molecule has 20 heavy (non-hydrogen) atoms. The highest BCUT2D eigenvalue weighted by Crippen LogP contribution is 2.08. The molecule has 4 heteroatoms. The van der Waals surface area contributed by atoms with Crippen LogP contribution < -0.4 is 0 Å². The molecule has 1 heterocycles. The molecule has 0 aromatic heterocycles. The van der Waals surface area contributed by atoms with E-state index in [2.05, 4.69) is 44.7 Å². The van der Waals surface area contributed by atoms with E-state index in [-0.39, 0.29) is 0 Å². The number of hydrogen-bond acceptors (Lipinski definition) is 4. The normalized spacial score (nSPS) is 17.6. The van der Waals surface area contributed by atoms with Crippen molar-refractivity contribution in [2.75, 3.05) is 23.0 Å². The minimum absolute atomic E-state index is 1.08. The molecule has 0 spiro atoms. The van der Waals surface area contributed by atoms with Crippen LogP contribution in [-0.4, -0.2) is 23.0 Å². The molecule has 0 aliphatic carbocycles. The number of hydrogen-bond donors (Lipinski definition) is 0. The average molecular weight is 337 g/mol. The summed E-state index contributed by atoms with van der Waals surface area (Å²) in [4.78, 5) is 0. The zero-order valence-corrected chi connectivity index (χ0v) is 14.6. The first-order valence-electron chi connectivity index (χ1n) is 6.47. The van der Waals surface area contributed by atoms with Gasteiger partial charge < -0.3 is 0 Å². The molecule has 1 rings (SSSR count). The van der Waals surface area contributed by atoms with Gasteiger partial charge in [-0.1, -0.05) is 47.0 Å². The zero-order valence-electron chi connectivity index (χ0n) is 11.3. The van der Waals surface area contributed by atoms with Gasteiger partial charge in [0.1, 0.15) is 0 Å². The molecule has 0 unspecified atom stereocenters. The van der Waals surface area contributed by atoms with Gasteiger partial charge in [0.05, 0.1) is 0 Å². The standard InChI is InChI=1S/C16H16S4/c1-2-10-18-12-5-6-14-20-16-8-7-15-19-13-4-3-11-17-9-1/h1-2,7-10,15-16H2. The Morgan fingerprint density at radius 3 is 0.900 bits per heavy atom. The molecule has 0 radical (unpaired) electrons. The molecule has 0 amide bonds. The van der Waals surface area contributed by atoms with Crippen LogP contribution in [0.5, 0.6) is 0 Å². The monoisotopic (exact) mass is 336 g/mol. The lowest BCUT2D eigenvalue weighted by molar-refractivity contribution is 0.910. The van der Waals surface area contributed by atoms with Crippen LogP contribution in [0, 0.1) is 44.7 Å². The molecule has 0 saturated heterocycles. The van der Waals surface area contributed by atoms with Crippen LogP contribution in [0.1, 0.15) is 25.7 Å². The Hall–Kier alpha value is -0.360. The van der Waals surface area contributed by atoms with Gasteiger partial charge in [-0.3, -0.25) is 0 Å². The molecule has 0 aromatic carbocycles. The predicted octanol–water partition coefficient (Wildman–Crippen LogP) is 4.34. The summed E-state index contributed by atoms with van der Waals surface area (Å²) < 4.78 is 0. The quantitative estimate of drug-likeness (QED) is 0.603. The molecule has 0 N–H and O–H groups in total. The fourth-order valence-electron chi connectivity index (χ4n) is 1.15. The summed E-state index contributed by atoms with van der Waals surface area (Å²) in [5.74, 6) is 15.9. The number of rotatable bonds is 0. The van der Waals surface area contributed by atoms with Crippen molar-refractivity contribution in [1.82, 2.24) is 0 Å². The van der Waals surface area contributed by atoms with Crippen molar-refractivity contribution >= 4 is 47.0 Å². The van der Waals surface area contributed by atoms with E-state index < -0.39 is 0 Å². The maximum Gasteiger partial charge on any atom is 0.00573 e. The topological polar surface area (TPSA) is 0 Å². The van der Waals surface area contributed by atoms with E-state index in [1.54, 1.807) is 47.0 Å². The Balaban J connectivity index is 2.31. The molecule has 1 aliphatic heterocycles. The fourth-order valence-corrected chi connectivity index (χ4v) is 3.44. The van der Waals surface area contributed by atoms with Gasteiger partial charge in [0.2, 0.25) is 0 Å². The fraction of sp³-hybridized carbons (Fsp3) is 0.500. The maximum absolute atomic E-state index is 3.03. The van der Waals surface area contributed by atoms with Crippen molar-refractivity contribution in [3.8, 4) is 44.7 Å². The zero-order chi connectivity index (χ0) is 14.1. The lowest BCUT2D eigenvalue weighted by Crippen LogP contribution is -1.81. The summed E-state index contributed by atoms with van der Waals surface area (Å²) in [6, 6.07) is 0. The molecule has 0 saturated carbocycles. The predicted molar refractivity (Wildman–Crippen MR) is 99.4 cm³/mol. The number of thioether (sulfide) groups is 4. The van der Waals surface area contributed by atoms with E-state index in [1.807, 2.05) is 0 Å². The van der Waals surface area contributed by atoms with Gasteiger partial charge in [0.25, 0.3) is 0 Å². The minimum atomic E-state index is 1.08. The van der Waals surface area contributed by atoms with E-state index >= 15 is 0 Å². The van der Waals surface area contributed by atoms with Crippen LogP contribution in [0.2, 0.25) is 0 Å².